The van der Waals surface area contributed by atoms with Gasteiger partial charge in [-0.05, 0) is 42.3 Å². The Hall–Kier alpha value is -3.94. The number of rotatable bonds is 4. The van der Waals surface area contributed by atoms with E-state index in [0.717, 1.165) is 39.2 Å². The van der Waals surface area contributed by atoms with E-state index < -0.39 is 0 Å². The summed E-state index contributed by atoms with van der Waals surface area (Å²) in [5.74, 6) is 0.977. The fraction of sp³-hybridized carbons (Fsp3) is 0.130. The average Bonchev–Trinajstić information content (AvgIpc) is 3.27. The maximum Gasteiger partial charge on any atom is 0.269 e. The van der Waals surface area contributed by atoms with Crippen LogP contribution < -0.4 is 5.32 Å². The summed E-state index contributed by atoms with van der Waals surface area (Å²) < 4.78 is 1.22. The molecule has 0 fully saturated rings. The summed E-state index contributed by atoms with van der Waals surface area (Å²) >= 11 is 0. The minimum atomic E-state index is 0.0377. The number of fused-ring (bicyclic) bond motifs is 1. The molecule has 4 aromatic rings. The molecule has 1 aliphatic heterocycles. The van der Waals surface area contributed by atoms with Crippen molar-refractivity contribution >= 4 is 25.5 Å². The van der Waals surface area contributed by atoms with Gasteiger partial charge < -0.3 is 10.2 Å². The van der Waals surface area contributed by atoms with E-state index in [9.17, 15) is 4.79 Å². The van der Waals surface area contributed by atoms with Gasteiger partial charge in [0.2, 0.25) is 5.95 Å². The fourth-order valence-corrected chi connectivity index (χ4v) is 3.65. The number of nitrogens with one attached hydrogen (secondary N) is 1. The summed E-state index contributed by atoms with van der Waals surface area (Å²) in [6.45, 7) is 2.56. The largest absolute Gasteiger partial charge is 0.337 e. The Bertz CT molecular complexity index is 1280. The van der Waals surface area contributed by atoms with Crippen molar-refractivity contribution in [2.24, 2.45) is 0 Å². The molecular weight excluding hydrogens is 387 g/mol. The molecule has 3 heterocycles. The van der Waals surface area contributed by atoms with E-state index in [0.29, 0.717) is 18.3 Å². The van der Waals surface area contributed by atoms with Crippen LogP contribution >= 0.6 is 0 Å². The van der Waals surface area contributed by atoms with Gasteiger partial charge in [0.1, 0.15) is 0 Å². The van der Waals surface area contributed by atoms with Crippen molar-refractivity contribution in [1.29, 1.82) is 0 Å². The van der Waals surface area contributed by atoms with Crippen molar-refractivity contribution in [1.82, 2.24) is 24.6 Å². The Morgan fingerprint density at radius 3 is 2.48 bits per heavy atom. The zero-order chi connectivity index (χ0) is 21.5. The van der Waals surface area contributed by atoms with Gasteiger partial charge in [-0.2, -0.15) is 10.1 Å². The summed E-state index contributed by atoms with van der Waals surface area (Å²) in [7, 11) is 7.82. The van der Waals surface area contributed by atoms with Gasteiger partial charge in [-0.15, -0.1) is 0 Å². The van der Waals surface area contributed by atoms with Crippen LogP contribution in [0, 0.1) is 6.92 Å². The van der Waals surface area contributed by atoms with Crippen LogP contribution in [0.3, 0.4) is 0 Å². The lowest BCUT2D eigenvalue weighted by atomic mass is 10.1. The molecule has 1 aliphatic rings. The van der Waals surface area contributed by atoms with Gasteiger partial charge in [-0.3, -0.25) is 14.4 Å². The van der Waals surface area contributed by atoms with E-state index in [1.54, 1.807) is 11.9 Å². The van der Waals surface area contributed by atoms with Crippen LogP contribution in [0.5, 0.6) is 0 Å². The molecule has 1 amide bonds. The Morgan fingerprint density at radius 2 is 1.74 bits per heavy atom. The monoisotopic (exact) mass is 406 g/mol. The van der Waals surface area contributed by atoms with E-state index in [1.807, 2.05) is 67.7 Å². The van der Waals surface area contributed by atoms with E-state index in [-0.39, 0.29) is 5.91 Å². The molecule has 5 rings (SSSR count). The first-order valence-corrected chi connectivity index (χ1v) is 9.89. The van der Waals surface area contributed by atoms with E-state index in [1.165, 1.54) is 4.59 Å². The minimum Gasteiger partial charge on any atom is -0.337 e. The molecule has 0 saturated carbocycles. The normalized spacial score (nSPS) is 12.8. The molecule has 0 unspecified atom stereocenters. The van der Waals surface area contributed by atoms with Gasteiger partial charge in [-0.1, -0.05) is 30.3 Å². The van der Waals surface area contributed by atoms with Crippen LogP contribution in [-0.2, 0) is 6.54 Å². The molecule has 1 N–H and O–H groups in total. The second-order valence-corrected chi connectivity index (χ2v) is 7.63. The summed E-state index contributed by atoms with van der Waals surface area (Å²) in [4.78, 5) is 22.6. The van der Waals surface area contributed by atoms with Crippen LogP contribution in [0.25, 0.3) is 22.5 Å². The van der Waals surface area contributed by atoms with Crippen LogP contribution in [0.2, 0.25) is 0 Å². The third-order valence-corrected chi connectivity index (χ3v) is 5.37. The van der Waals surface area contributed by atoms with E-state index in [2.05, 4.69) is 20.4 Å². The quantitative estimate of drug-likeness (QED) is 0.525. The average molecular weight is 406 g/mol. The standard InChI is InChI=1S/C23H19BN6O/c1-14-3-4-17(12-25-14)15-5-7-16(8-6-15)21-27-23(30(24)28-21)26-19-9-10-20-18(11-19)13-29(2)22(20)31/h3-12H,13H2,1-2H3,(H,26,27,28). The van der Waals surface area contributed by atoms with E-state index >= 15 is 0 Å². The number of aryl methyl sites for hydroxylation is 1. The lowest BCUT2D eigenvalue weighted by Crippen LogP contribution is -2.17. The highest BCUT2D eigenvalue weighted by atomic mass is 16.2. The minimum absolute atomic E-state index is 0.0377. The Kier molecular flexibility index (Phi) is 4.54. The highest BCUT2D eigenvalue weighted by Crippen LogP contribution is 2.27. The highest BCUT2D eigenvalue weighted by molar-refractivity contribution is 6.07. The smallest absolute Gasteiger partial charge is 0.269 e. The van der Waals surface area contributed by atoms with Gasteiger partial charge in [0, 0.05) is 47.9 Å². The molecule has 2 aromatic heterocycles. The lowest BCUT2D eigenvalue weighted by molar-refractivity contribution is 0.0816. The summed E-state index contributed by atoms with van der Waals surface area (Å²) in [6, 6.07) is 17.6. The highest BCUT2D eigenvalue weighted by Gasteiger charge is 2.24. The molecule has 2 aromatic carbocycles. The number of amides is 1. The second kappa shape index (κ2) is 7.39. The molecule has 31 heavy (non-hydrogen) atoms. The first-order chi connectivity index (χ1) is 15.0. The van der Waals surface area contributed by atoms with Crippen molar-refractivity contribution in [3.05, 3.63) is 77.6 Å². The van der Waals surface area contributed by atoms with Gasteiger partial charge in [0.25, 0.3) is 13.9 Å². The third kappa shape index (κ3) is 3.57. The number of hydrogen-bond acceptors (Lipinski definition) is 5. The molecule has 2 radical (unpaired) electrons. The number of pyridine rings is 1. The maximum atomic E-state index is 12.1. The van der Waals surface area contributed by atoms with Crippen molar-refractivity contribution < 1.29 is 4.79 Å². The Labute approximate surface area is 181 Å². The zero-order valence-corrected chi connectivity index (χ0v) is 17.2. The van der Waals surface area contributed by atoms with Crippen molar-refractivity contribution in [2.45, 2.75) is 13.5 Å². The van der Waals surface area contributed by atoms with Crippen LogP contribution in [-0.4, -0.2) is 45.5 Å². The topological polar surface area (TPSA) is 75.9 Å². The van der Waals surface area contributed by atoms with Gasteiger partial charge in [0.15, 0.2) is 5.82 Å². The first kappa shape index (κ1) is 19.1. The number of aromatic nitrogens is 4. The number of carbonyl (C=O) groups excluding carboxylic acids is 1. The molecular formula is C23H19BN6O. The van der Waals surface area contributed by atoms with Crippen LogP contribution in [0.4, 0.5) is 11.6 Å². The SMILES string of the molecule is [B]n1nc(-c2ccc(-c3ccc(C)nc3)cc2)nc1Nc1ccc2c(c1)CN(C)C2=O. The molecule has 0 bridgehead atoms. The lowest BCUT2D eigenvalue weighted by Gasteiger charge is -2.06. The number of nitrogens with zero attached hydrogens (tertiary/aromatic N) is 5. The molecule has 150 valence electrons. The predicted molar refractivity (Wildman–Crippen MR) is 120 cm³/mol. The third-order valence-electron chi connectivity index (χ3n) is 5.37. The predicted octanol–water partition coefficient (Wildman–Crippen LogP) is 3.58. The van der Waals surface area contributed by atoms with Crippen molar-refractivity contribution in [3.63, 3.8) is 0 Å². The Balaban J connectivity index is 1.37. The maximum absolute atomic E-state index is 12.1. The van der Waals surface area contributed by atoms with Gasteiger partial charge >= 0.3 is 0 Å². The fourth-order valence-electron chi connectivity index (χ4n) is 3.65. The number of anilines is 2. The molecule has 0 spiro atoms. The molecule has 0 atom stereocenters. The first-order valence-electron chi connectivity index (χ1n) is 9.89. The zero-order valence-electron chi connectivity index (χ0n) is 17.2. The van der Waals surface area contributed by atoms with Crippen LogP contribution in [0.15, 0.2) is 60.8 Å². The summed E-state index contributed by atoms with van der Waals surface area (Å²) in [5.41, 5.74) is 6.47. The molecule has 7 nitrogen and oxygen atoms in total. The molecule has 8 heteroatoms. The van der Waals surface area contributed by atoms with E-state index in [4.69, 9.17) is 7.98 Å². The Morgan fingerprint density at radius 1 is 1.00 bits per heavy atom. The van der Waals surface area contributed by atoms with Crippen molar-refractivity contribution in [3.8, 4) is 22.5 Å². The van der Waals surface area contributed by atoms with Crippen LogP contribution in [0.1, 0.15) is 21.6 Å². The molecule has 0 aliphatic carbocycles. The van der Waals surface area contributed by atoms with Gasteiger partial charge in [-0.25, -0.2) is 0 Å². The number of hydrogen-bond donors (Lipinski definition) is 1. The van der Waals surface area contributed by atoms with Gasteiger partial charge in [0.05, 0.1) is 0 Å². The second-order valence-electron chi connectivity index (χ2n) is 7.63. The summed E-state index contributed by atoms with van der Waals surface area (Å²) in [6.07, 6.45) is 1.86. The summed E-state index contributed by atoms with van der Waals surface area (Å²) in [5, 5.41) is 7.52. The molecule has 0 saturated heterocycles. The number of carbonyl (C=O) groups is 1. The van der Waals surface area contributed by atoms with Crippen molar-refractivity contribution in [2.75, 3.05) is 12.4 Å². The number of benzene rings is 2.